The van der Waals surface area contributed by atoms with Gasteiger partial charge >= 0.3 is 0 Å². The molecule has 0 heterocycles. The highest BCUT2D eigenvalue weighted by Gasteiger charge is 2.12. The van der Waals surface area contributed by atoms with Crippen LogP contribution in [0.2, 0.25) is 0 Å². The zero-order valence-corrected chi connectivity index (χ0v) is 10.8. The lowest BCUT2D eigenvalue weighted by atomic mass is 10.1. The summed E-state index contributed by atoms with van der Waals surface area (Å²) in [6.45, 7) is 1.41. The quantitative estimate of drug-likeness (QED) is 0.591. The topological polar surface area (TPSA) is 86.6 Å². The third-order valence-electron chi connectivity index (χ3n) is 2.79. The Morgan fingerprint density at radius 3 is 2.35 bits per heavy atom. The molecular weight excluding hydrogens is 258 g/mol. The highest BCUT2D eigenvalue weighted by molar-refractivity contribution is 6.09. The van der Waals surface area contributed by atoms with Crippen molar-refractivity contribution >= 4 is 17.4 Å². The Bertz CT molecular complexity index is 679. The fourth-order valence-electron chi connectivity index (χ4n) is 1.76. The van der Waals surface area contributed by atoms with Crippen LogP contribution in [0.3, 0.4) is 0 Å². The van der Waals surface area contributed by atoms with Gasteiger partial charge in [-0.2, -0.15) is 0 Å². The SMILES string of the molecule is CC(=O)c1ccccc1NC(=O)c1ccc(O)c(O)c1. The third kappa shape index (κ3) is 2.77. The van der Waals surface area contributed by atoms with E-state index in [-0.39, 0.29) is 22.8 Å². The summed E-state index contributed by atoms with van der Waals surface area (Å²) in [7, 11) is 0. The summed E-state index contributed by atoms with van der Waals surface area (Å²) in [6.07, 6.45) is 0. The van der Waals surface area contributed by atoms with Gasteiger partial charge in [-0.15, -0.1) is 0 Å². The molecule has 0 unspecified atom stereocenters. The van der Waals surface area contributed by atoms with Gasteiger partial charge in [-0.05, 0) is 37.3 Å². The molecule has 3 N–H and O–H groups in total. The number of hydrogen-bond acceptors (Lipinski definition) is 4. The number of benzene rings is 2. The number of para-hydroxylation sites is 1. The first kappa shape index (κ1) is 13.6. The molecule has 0 fully saturated rings. The normalized spacial score (nSPS) is 10.1. The monoisotopic (exact) mass is 271 g/mol. The minimum absolute atomic E-state index is 0.158. The van der Waals surface area contributed by atoms with Crippen molar-refractivity contribution in [2.75, 3.05) is 5.32 Å². The lowest BCUT2D eigenvalue weighted by molar-refractivity contribution is 0.101. The first-order valence-corrected chi connectivity index (χ1v) is 5.92. The maximum atomic E-state index is 12.0. The number of rotatable bonds is 3. The van der Waals surface area contributed by atoms with Crippen molar-refractivity contribution in [3.63, 3.8) is 0 Å². The second kappa shape index (κ2) is 5.44. The number of phenols is 2. The molecule has 0 saturated heterocycles. The maximum Gasteiger partial charge on any atom is 0.255 e. The van der Waals surface area contributed by atoms with E-state index in [4.69, 9.17) is 0 Å². The molecule has 5 heteroatoms. The van der Waals surface area contributed by atoms with Gasteiger partial charge in [0.25, 0.3) is 5.91 Å². The minimum atomic E-state index is -0.478. The van der Waals surface area contributed by atoms with Crippen molar-refractivity contribution in [3.05, 3.63) is 53.6 Å². The van der Waals surface area contributed by atoms with Gasteiger partial charge in [-0.25, -0.2) is 0 Å². The van der Waals surface area contributed by atoms with Crippen LogP contribution in [0, 0.1) is 0 Å². The van der Waals surface area contributed by atoms with Gasteiger partial charge in [0.2, 0.25) is 0 Å². The van der Waals surface area contributed by atoms with Crippen molar-refractivity contribution < 1.29 is 19.8 Å². The van der Waals surface area contributed by atoms with E-state index in [9.17, 15) is 19.8 Å². The molecule has 0 saturated carbocycles. The number of phenolic OH excluding ortho intramolecular Hbond substituents is 2. The lowest BCUT2D eigenvalue weighted by Gasteiger charge is -2.09. The van der Waals surface area contributed by atoms with Crippen LogP contribution in [0.25, 0.3) is 0 Å². The molecule has 2 aromatic carbocycles. The fourth-order valence-corrected chi connectivity index (χ4v) is 1.76. The number of anilines is 1. The molecule has 0 radical (unpaired) electrons. The Labute approximate surface area is 115 Å². The standard InChI is InChI=1S/C15H13NO4/c1-9(17)11-4-2-3-5-12(11)16-15(20)10-6-7-13(18)14(19)8-10/h2-8,18-19H,1H3,(H,16,20). The summed E-state index contributed by atoms with van der Waals surface area (Å²) in [5, 5.41) is 21.2. The van der Waals surface area contributed by atoms with Crippen LogP contribution in [-0.2, 0) is 0 Å². The zero-order chi connectivity index (χ0) is 14.7. The van der Waals surface area contributed by atoms with Gasteiger partial charge in [0.05, 0.1) is 5.69 Å². The van der Waals surface area contributed by atoms with Crippen LogP contribution in [0.1, 0.15) is 27.6 Å². The van der Waals surface area contributed by atoms with Crippen molar-refractivity contribution in [2.45, 2.75) is 6.92 Å². The molecule has 102 valence electrons. The molecule has 1 amide bonds. The van der Waals surface area contributed by atoms with Crippen LogP contribution in [0.15, 0.2) is 42.5 Å². The van der Waals surface area contributed by atoms with E-state index >= 15 is 0 Å². The predicted octanol–water partition coefficient (Wildman–Crippen LogP) is 2.55. The summed E-state index contributed by atoms with van der Waals surface area (Å²) in [4.78, 5) is 23.5. The largest absolute Gasteiger partial charge is 0.504 e. The van der Waals surface area contributed by atoms with Crippen LogP contribution >= 0.6 is 0 Å². The zero-order valence-electron chi connectivity index (χ0n) is 10.8. The fraction of sp³-hybridized carbons (Fsp3) is 0.0667. The molecule has 20 heavy (non-hydrogen) atoms. The molecular formula is C15H13NO4. The second-order valence-corrected chi connectivity index (χ2v) is 4.26. The average Bonchev–Trinajstić information content (AvgIpc) is 2.42. The first-order valence-electron chi connectivity index (χ1n) is 5.92. The molecule has 0 bridgehead atoms. The van der Waals surface area contributed by atoms with Crippen molar-refractivity contribution in [3.8, 4) is 11.5 Å². The van der Waals surface area contributed by atoms with E-state index in [1.54, 1.807) is 24.3 Å². The summed E-state index contributed by atoms with van der Waals surface area (Å²) in [5.74, 6) is -1.31. The summed E-state index contributed by atoms with van der Waals surface area (Å²) in [6, 6.07) is 10.4. The lowest BCUT2D eigenvalue weighted by Crippen LogP contribution is -2.14. The summed E-state index contributed by atoms with van der Waals surface area (Å²) >= 11 is 0. The van der Waals surface area contributed by atoms with Gasteiger partial charge < -0.3 is 15.5 Å². The van der Waals surface area contributed by atoms with Gasteiger partial charge in [-0.3, -0.25) is 9.59 Å². The number of nitrogens with one attached hydrogen (secondary N) is 1. The van der Waals surface area contributed by atoms with E-state index in [0.29, 0.717) is 11.3 Å². The highest BCUT2D eigenvalue weighted by Crippen LogP contribution is 2.25. The number of aromatic hydroxyl groups is 2. The van der Waals surface area contributed by atoms with Crippen LogP contribution in [0.4, 0.5) is 5.69 Å². The van der Waals surface area contributed by atoms with Crippen molar-refractivity contribution in [2.24, 2.45) is 0 Å². The Balaban J connectivity index is 2.28. The number of hydrogen-bond donors (Lipinski definition) is 3. The molecule has 5 nitrogen and oxygen atoms in total. The molecule has 2 rings (SSSR count). The summed E-state index contributed by atoms with van der Waals surface area (Å²) < 4.78 is 0. The van der Waals surface area contributed by atoms with Crippen LogP contribution in [0.5, 0.6) is 11.5 Å². The maximum absolute atomic E-state index is 12.0. The molecule has 0 atom stereocenters. The number of carbonyl (C=O) groups is 2. The Kier molecular flexibility index (Phi) is 3.70. The van der Waals surface area contributed by atoms with Crippen molar-refractivity contribution in [1.29, 1.82) is 0 Å². The van der Waals surface area contributed by atoms with E-state index < -0.39 is 5.91 Å². The molecule has 0 aliphatic heterocycles. The van der Waals surface area contributed by atoms with Gasteiger partial charge in [0.15, 0.2) is 17.3 Å². The Morgan fingerprint density at radius 2 is 1.70 bits per heavy atom. The van der Waals surface area contributed by atoms with E-state index in [0.717, 1.165) is 6.07 Å². The number of Topliss-reactive ketones (excluding diaryl/α,β-unsaturated/α-hetero) is 1. The van der Waals surface area contributed by atoms with E-state index in [1.165, 1.54) is 19.1 Å². The van der Waals surface area contributed by atoms with Crippen LogP contribution in [-0.4, -0.2) is 21.9 Å². The first-order chi connectivity index (χ1) is 9.49. The highest BCUT2D eigenvalue weighted by atomic mass is 16.3. The molecule has 0 aliphatic rings. The third-order valence-corrected chi connectivity index (χ3v) is 2.79. The van der Waals surface area contributed by atoms with Crippen molar-refractivity contribution in [1.82, 2.24) is 0 Å². The van der Waals surface area contributed by atoms with Crippen LogP contribution < -0.4 is 5.32 Å². The number of carbonyl (C=O) groups excluding carboxylic acids is 2. The molecule has 0 aromatic heterocycles. The number of amides is 1. The number of ketones is 1. The smallest absolute Gasteiger partial charge is 0.255 e. The predicted molar refractivity (Wildman–Crippen MR) is 74.2 cm³/mol. The molecule has 0 aliphatic carbocycles. The average molecular weight is 271 g/mol. The Hall–Kier alpha value is -2.82. The Morgan fingerprint density at radius 1 is 1.00 bits per heavy atom. The second-order valence-electron chi connectivity index (χ2n) is 4.26. The van der Waals surface area contributed by atoms with Gasteiger partial charge in [0.1, 0.15) is 0 Å². The van der Waals surface area contributed by atoms with Gasteiger partial charge in [0, 0.05) is 11.1 Å². The van der Waals surface area contributed by atoms with E-state index in [1.807, 2.05) is 0 Å². The van der Waals surface area contributed by atoms with E-state index in [2.05, 4.69) is 5.32 Å². The molecule has 2 aromatic rings. The van der Waals surface area contributed by atoms with Gasteiger partial charge in [-0.1, -0.05) is 12.1 Å². The minimum Gasteiger partial charge on any atom is -0.504 e. The molecule has 0 spiro atoms. The summed E-state index contributed by atoms with van der Waals surface area (Å²) in [5.41, 5.74) is 0.986.